The zero-order chi connectivity index (χ0) is 11.8. The summed E-state index contributed by atoms with van der Waals surface area (Å²) in [6.07, 6.45) is 5.56. The topological polar surface area (TPSA) is 9.23 Å². The van der Waals surface area contributed by atoms with Gasteiger partial charge >= 0.3 is 0 Å². The first-order valence-electron chi connectivity index (χ1n) is 7.14. The minimum absolute atomic E-state index is 0.640. The number of rotatable bonds is 2. The molecule has 2 rings (SSSR count). The van der Waals surface area contributed by atoms with Crippen LogP contribution in [0.15, 0.2) is 0 Å². The van der Waals surface area contributed by atoms with Gasteiger partial charge in [0, 0.05) is 13.2 Å². The maximum atomic E-state index is 5.58. The fourth-order valence-electron chi connectivity index (χ4n) is 4.57. The second-order valence-corrected chi connectivity index (χ2v) is 6.69. The molecule has 0 aromatic carbocycles. The highest BCUT2D eigenvalue weighted by Gasteiger charge is 2.50. The third-order valence-electron chi connectivity index (χ3n) is 5.21. The van der Waals surface area contributed by atoms with Gasteiger partial charge in [-0.2, -0.15) is 0 Å². The molecule has 0 aromatic rings. The van der Waals surface area contributed by atoms with Crippen molar-refractivity contribution in [3.8, 4) is 0 Å². The Morgan fingerprint density at radius 3 is 2.06 bits per heavy atom. The van der Waals surface area contributed by atoms with E-state index in [9.17, 15) is 0 Å². The van der Waals surface area contributed by atoms with E-state index in [1.807, 2.05) is 0 Å². The van der Waals surface area contributed by atoms with Gasteiger partial charge in [0.1, 0.15) is 0 Å². The minimum Gasteiger partial charge on any atom is -0.381 e. The standard InChI is InChI=1S/C15H28O/c1-11(2)13-5-6-15(14(13)12(3)4)7-9-16-10-8-15/h11-14H,5-10H2,1-4H3. The average molecular weight is 224 g/mol. The van der Waals surface area contributed by atoms with Gasteiger partial charge in [-0.25, -0.2) is 0 Å². The second kappa shape index (κ2) is 4.68. The van der Waals surface area contributed by atoms with Crippen LogP contribution in [-0.2, 0) is 4.74 Å². The summed E-state index contributed by atoms with van der Waals surface area (Å²) < 4.78 is 5.58. The van der Waals surface area contributed by atoms with Crippen LogP contribution >= 0.6 is 0 Å². The van der Waals surface area contributed by atoms with Gasteiger partial charge in [0.05, 0.1) is 0 Å². The van der Waals surface area contributed by atoms with E-state index in [1.165, 1.54) is 25.7 Å². The fraction of sp³-hybridized carbons (Fsp3) is 1.00. The van der Waals surface area contributed by atoms with Crippen molar-refractivity contribution in [2.45, 2.75) is 53.4 Å². The van der Waals surface area contributed by atoms with Gasteiger partial charge in [0.25, 0.3) is 0 Å². The lowest BCUT2D eigenvalue weighted by Crippen LogP contribution is -2.38. The Bertz CT molecular complexity index is 226. The number of hydrogen-bond donors (Lipinski definition) is 0. The summed E-state index contributed by atoms with van der Waals surface area (Å²) in [4.78, 5) is 0. The first kappa shape index (κ1) is 12.4. The van der Waals surface area contributed by atoms with Crippen LogP contribution in [0.1, 0.15) is 53.4 Å². The molecule has 1 heterocycles. The zero-order valence-corrected chi connectivity index (χ0v) is 11.5. The van der Waals surface area contributed by atoms with Crippen LogP contribution in [0.25, 0.3) is 0 Å². The van der Waals surface area contributed by atoms with Crippen molar-refractivity contribution in [1.82, 2.24) is 0 Å². The molecule has 1 spiro atoms. The highest BCUT2D eigenvalue weighted by Crippen LogP contribution is 2.57. The van der Waals surface area contributed by atoms with Gasteiger partial charge < -0.3 is 4.74 Å². The molecule has 0 radical (unpaired) electrons. The lowest BCUT2D eigenvalue weighted by atomic mass is 9.64. The van der Waals surface area contributed by atoms with Crippen LogP contribution in [0.3, 0.4) is 0 Å². The average Bonchev–Trinajstić information content (AvgIpc) is 2.58. The van der Waals surface area contributed by atoms with Crippen molar-refractivity contribution in [1.29, 1.82) is 0 Å². The molecule has 1 saturated carbocycles. The Balaban J connectivity index is 2.19. The summed E-state index contributed by atoms with van der Waals surface area (Å²) in [6, 6.07) is 0. The Hall–Kier alpha value is -0.0400. The first-order valence-corrected chi connectivity index (χ1v) is 7.14. The number of ether oxygens (including phenoxy) is 1. The summed E-state index contributed by atoms with van der Waals surface area (Å²) in [5.41, 5.74) is 0.640. The zero-order valence-electron chi connectivity index (χ0n) is 11.5. The molecule has 2 fully saturated rings. The van der Waals surface area contributed by atoms with Gasteiger partial charge in [0.2, 0.25) is 0 Å². The molecule has 1 heteroatoms. The normalized spacial score (nSPS) is 34.1. The van der Waals surface area contributed by atoms with Crippen molar-refractivity contribution >= 4 is 0 Å². The van der Waals surface area contributed by atoms with E-state index < -0.39 is 0 Å². The molecule has 0 bridgehead atoms. The molecule has 2 aliphatic rings. The predicted octanol–water partition coefficient (Wildman–Crippen LogP) is 4.12. The molecule has 0 amide bonds. The Labute approximate surface area is 101 Å². The van der Waals surface area contributed by atoms with E-state index in [0.29, 0.717) is 5.41 Å². The molecule has 1 nitrogen and oxygen atoms in total. The Morgan fingerprint density at radius 1 is 0.938 bits per heavy atom. The van der Waals surface area contributed by atoms with Crippen molar-refractivity contribution < 1.29 is 4.74 Å². The van der Waals surface area contributed by atoms with E-state index >= 15 is 0 Å². The molecule has 1 aliphatic carbocycles. The molecule has 0 aromatic heterocycles. The molecule has 16 heavy (non-hydrogen) atoms. The predicted molar refractivity (Wildman–Crippen MR) is 68.4 cm³/mol. The summed E-state index contributed by atoms with van der Waals surface area (Å²) in [7, 11) is 0. The quantitative estimate of drug-likeness (QED) is 0.685. The van der Waals surface area contributed by atoms with Crippen molar-refractivity contribution in [3.05, 3.63) is 0 Å². The van der Waals surface area contributed by atoms with Crippen LogP contribution < -0.4 is 0 Å². The van der Waals surface area contributed by atoms with Crippen LogP contribution in [0.2, 0.25) is 0 Å². The van der Waals surface area contributed by atoms with Gasteiger partial charge in [0.15, 0.2) is 0 Å². The van der Waals surface area contributed by atoms with E-state index in [1.54, 1.807) is 0 Å². The SMILES string of the molecule is CC(C)C1CCC2(CCOCC2)C1C(C)C. The van der Waals surface area contributed by atoms with Crippen LogP contribution in [0.4, 0.5) is 0 Å². The van der Waals surface area contributed by atoms with Crippen LogP contribution in [0.5, 0.6) is 0 Å². The van der Waals surface area contributed by atoms with E-state index in [0.717, 1.165) is 36.9 Å². The third kappa shape index (κ3) is 2.03. The largest absolute Gasteiger partial charge is 0.381 e. The fourth-order valence-corrected chi connectivity index (χ4v) is 4.57. The molecule has 1 saturated heterocycles. The van der Waals surface area contributed by atoms with Crippen LogP contribution in [-0.4, -0.2) is 13.2 Å². The maximum Gasteiger partial charge on any atom is 0.0471 e. The second-order valence-electron chi connectivity index (χ2n) is 6.69. The van der Waals surface area contributed by atoms with Crippen molar-refractivity contribution in [3.63, 3.8) is 0 Å². The molecule has 0 N–H and O–H groups in total. The monoisotopic (exact) mass is 224 g/mol. The Morgan fingerprint density at radius 2 is 1.56 bits per heavy atom. The van der Waals surface area contributed by atoms with Crippen LogP contribution in [0, 0.1) is 29.1 Å². The summed E-state index contributed by atoms with van der Waals surface area (Å²) in [6.45, 7) is 11.7. The molecule has 2 atom stereocenters. The van der Waals surface area contributed by atoms with Gasteiger partial charge in [-0.3, -0.25) is 0 Å². The highest BCUT2D eigenvalue weighted by atomic mass is 16.5. The first-order chi connectivity index (χ1) is 7.57. The van der Waals surface area contributed by atoms with E-state index in [2.05, 4.69) is 27.7 Å². The third-order valence-corrected chi connectivity index (χ3v) is 5.21. The van der Waals surface area contributed by atoms with Gasteiger partial charge in [-0.15, -0.1) is 0 Å². The highest BCUT2D eigenvalue weighted by molar-refractivity contribution is 4.99. The van der Waals surface area contributed by atoms with Gasteiger partial charge in [-0.05, 0) is 54.8 Å². The van der Waals surface area contributed by atoms with E-state index in [-0.39, 0.29) is 0 Å². The summed E-state index contributed by atoms with van der Waals surface area (Å²) in [5, 5.41) is 0. The Kier molecular flexibility index (Phi) is 3.63. The number of hydrogen-bond acceptors (Lipinski definition) is 1. The molecular weight excluding hydrogens is 196 g/mol. The lowest BCUT2D eigenvalue weighted by Gasteiger charge is -2.43. The van der Waals surface area contributed by atoms with E-state index in [4.69, 9.17) is 4.74 Å². The van der Waals surface area contributed by atoms with Gasteiger partial charge in [-0.1, -0.05) is 27.7 Å². The smallest absolute Gasteiger partial charge is 0.0471 e. The molecule has 1 aliphatic heterocycles. The summed E-state index contributed by atoms with van der Waals surface area (Å²) in [5.74, 6) is 3.59. The lowest BCUT2D eigenvalue weighted by molar-refractivity contribution is -0.0283. The summed E-state index contributed by atoms with van der Waals surface area (Å²) >= 11 is 0. The molecule has 94 valence electrons. The van der Waals surface area contributed by atoms with Crippen molar-refractivity contribution in [2.75, 3.05) is 13.2 Å². The molecular formula is C15H28O. The molecule has 2 unspecified atom stereocenters. The minimum atomic E-state index is 0.640. The maximum absolute atomic E-state index is 5.58. The van der Waals surface area contributed by atoms with Crippen molar-refractivity contribution in [2.24, 2.45) is 29.1 Å².